The van der Waals surface area contributed by atoms with Crippen molar-refractivity contribution < 1.29 is 14.4 Å². The van der Waals surface area contributed by atoms with Crippen molar-refractivity contribution in [1.29, 1.82) is 0 Å². The van der Waals surface area contributed by atoms with Crippen LogP contribution in [-0.4, -0.2) is 49.9 Å². The summed E-state index contributed by atoms with van der Waals surface area (Å²) in [5.74, 6) is -0.113. The molecule has 7 heteroatoms. The van der Waals surface area contributed by atoms with E-state index < -0.39 is 12.1 Å². The molecule has 0 fully saturated rings. The van der Waals surface area contributed by atoms with Crippen molar-refractivity contribution >= 4 is 18.2 Å². The minimum absolute atomic E-state index is 0.166. The van der Waals surface area contributed by atoms with Crippen LogP contribution in [0.1, 0.15) is 32.8 Å². The Morgan fingerprint density at radius 1 is 1.04 bits per heavy atom. The lowest BCUT2D eigenvalue weighted by Crippen LogP contribution is -2.54. The summed E-state index contributed by atoms with van der Waals surface area (Å²) in [7, 11) is 0. The van der Waals surface area contributed by atoms with Crippen molar-refractivity contribution in [3.05, 3.63) is 35.9 Å². The second kappa shape index (κ2) is 12.9. The van der Waals surface area contributed by atoms with Gasteiger partial charge in [-0.05, 0) is 31.2 Å². The summed E-state index contributed by atoms with van der Waals surface area (Å²) in [6.45, 7) is 7.29. The highest BCUT2D eigenvalue weighted by molar-refractivity contribution is 5.89. The quantitative estimate of drug-likeness (QED) is 0.299. The highest BCUT2D eigenvalue weighted by Crippen LogP contribution is 2.08. The second-order valence-electron chi connectivity index (χ2n) is 6.85. The fourth-order valence-corrected chi connectivity index (χ4v) is 2.76. The monoisotopic (exact) mass is 376 g/mol. The van der Waals surface area contributed by atoms with Crippen molar-refractivity contribution in [2.24, 2.45) is 5.92 Å². The molecule has 2 unspecified atom stereocenters. The van der Waals surface area contributed by atoms with Gasteiger partial charge in [-0.3, -0.25) is 14.4 Å². The highest BCUT2D eigenvalue weighted by Gasteiger charge is 2.25. The third kappa shape index (κ3) is 9.19. The van der Waals surface area contributed by atoms with Gasteiger partial charge in [-0.1, -0.05) is 44.2 Å². The minimum Gasteiger partial charge on any atom is -0.357 e. The molecule has 1 aromatic carbocycles. The minimum atomic E-state index is -0.564. The van der Waals surface area contributed by atoms with Crippen LogP contribution >= 0.6 is 0 Å². The first kappa shape index (κ1) is 22.6. The van der Waals surface area contributed by atoms with Crippen LogP contribution in [0.3, 0.4) is 0 Å². The van der Waals surface area contributed by atoms with Crippen LogP contribution in [0.25, 0.3) is 0 Å². The fourth-order valence-electron chi connectivity index (χ4n) is 2.76. The van der Waals surface area contributed by atoms with E-state index >= 15 is 0 Å². The predicted molar refractivity (Wildman–Crippen MR) is 106 cm³/mol. The zero-order valence-electron chi connectivity index (χ0n) is 16.5. The van der Waals surface area contributed by atoms with Crippen molar-refractivity contribution in [2.75, 3.05) is 19.6 Å². The lowest BCUT2D eigenvalue weighted by molar-refractivity contribution is -0.130. The summed E-state index contributed by atoms with van der Waals surface area (Å²) in [6, 6.07) is 8.63. The normalized spacial score (nSPS) is 12.9. The number of likely N-dealkylation sites (N-methyl/N-ethyl adjacent to an activating group) is 1. The van der Waals surface area contributed by atoms with Gasteiger partial charge in [0.05, 0.1) is 6.04 Å². The molecule has 1 rings (SSSR count). The lowest BCUT2D eigenvalue weighted by Gasteiger charge is -2.24. The summed E-state index contributed by atoms with van der Waals surface area (Å²) >= 11 is 0. The van der Waals surface area contributed by atoms with E-state index in [0.717, 1.165) is 5.56 Å². The number of rotatable bonds is 13. The molecule has 27 heavy (non-hydrogen) atoms. The second-order valence-corrected chi connectivity index (χ2v) is 6.85. The maximum Gasteiger partial charge on any atom is 0.242 e. The molecular formula is C20H32N4O3. The number of benzene rings is 1. The molecule has 0 aromatic heterocycles. The predicted octanol–water partition coefficient (Wildman–Crippen LogP) is 0.600. The van der Waals surface area contributed by atoms with Gasteiger partial charge in [-0.2, -0.15) is 0 Å². The summed E-state index contributed by atoms with van der Waals surface area (Å²) < 4.78 is 0. The molecule has 4 N–H and O–H groups in total. The van der Waals surface area contributed by atoms with Crippen LogP contribution in [0.15, 0.2) is 30.3 Å². The van der Waals surface area contributed by atoms with E-state index in [4.69, 9.17) is 0 Å². The summed E-state index contributed by atoms with van der Waals surface area (Å²) in [4.78, 5) is 35.6. The van der Waals surface area contributed by atoms with Gasteiger partial charge in [-0.25, -0.2) is 0 Å². The Hall–Kier alpha value is -2.41. The average molecular weight is 377 g/mol. The molecule has 0 saturated carbocycles. The Morgan fingerprint density at radius 3 is 2.33 bits per heavy atom. The zero-order chi connectivity index (χ0) is 20.1. The van der Waals surface area contributed by atoms with E-state index in [0.29, 0.717) is 38.9 Å². The van der Waals surface area contributed by atoms with E-state index in [2.05, 4.69) is 21.3 Å². The molecule has 0 saturated heterocycles. The third-order valence-electron chi connectivity index (χ3n) is 4.03. The third-order valence-corrected chi connectivity index (χ3v) is 4.03. The summed E-state index contributed by atoms with van der Waals surface area (Å²) in [5, 5.41) is 11.4. The first-order chi connectivity index (χ1) is 13.0. The Balaban J connectivity index is 2.81. The number of amides is 3. The molecule has 1 aromatic rings. The SMILES string of the molecule is CCNC(=O)C(CC(C)C)NC(=O)C(Cc1ccccc1)NCCNC=O. The van der Waals surface area contributed by atoms with E-state index in [1.165, 1.54) is 0 Å². The highest BCUT2D eigenvalue weighted by atomic mass is 16.2. The van der Waals surface area contributed by atoms with Crippen LogP contribution in [0.2, 0.25) is 0 Å². The van der Waals surface area contributed by atoms with Gasteiger partial charge in [0.25, 0.3) is 0 Å². The average Bonchev–Trinajstić information content (AvgIpc) is 2.64. The first-order valence-electron chi connectivity index (χ1n) is 9.50. The number of carbonyl (C=O) groups excluding carboxylic acids is 3. The van der Waals surface area contributed by atoms with Gasteiger partial charge in [-0.15, -0.1) is 0 Å². The van der Waals surface area contributed by atoms with Gasteiger partial charge in [0, 0.05) is 19.6 Å². The standard InChI is InChI=1S/C20H32N4O3/c1-4-22-19(26)18(12-15(2)3)24-20(27)17(23-11-10-21-14-25)13-16-8-6-5-7-9-16/h5-9,14-15,17-18,23H,4,10-13H2,1-3H3,(H,21,25)(H,22,26)(H,24,27). The van der Waals surface area contributed by atoms with Crippen LogP contribution in [-0.2, 0) is 20.8 Å². The Morgan fingerprint density at radius 2 is 1.74 bits per heavy atom. The molecule has 0 radical (unpaired) electrons. The molecule has 2 atom stereocenters. The first-order valence-corrected chi connectivity index (χ1v) is 9.50. The number of nitrogens with one attached hydrogen (secondary N) is 4. The molecule has 150 valence electrons. The Labute approximate surface area is 161 Å². The van der Waals surface area contributed by atoms with Gasteiger partial charge >= 0.3 is 0 Å². The van der Waals surface area contributed by atoms with Gasteiger partial charge in [0.15, 0.2) is 0 Å². The van der Waals surface area contributed by atoms with Crippen molar-refractivity contribution in [1.82, 2.24) is 21.3 Å². The van der Waals surface area contributed by atoms with E-state index in [1.807, 2.05) is 51.1 Å². The molecule has 7 nitrogen and oxygen atoms in total. The zero-order valence-corrected chi connectivity index (χ0v) is 16.5. The lowest BCUT2D eigenvalue weighted by atomic mass is 10.0. The molecule has 0 aliphatic rings. The van der Waals surface area contributed by atoms with Crippen LogP contribution in [0.4, 0.5) is 0 Å². The molecule has 0 bridgehead atoms. The van der Waals surface area contributed by atoms with Gasteiger partial charge in [0.2, 0.25) is 18.2 Å². The number of carbonyl (C=O) groups is 3. The molecule has 0 aliphatic carbocycles. The van der Waals surface area contributed by atoms with Crippen LogP contribution < -0.4 is 21.3 Å². The van der Waals surface area contributed by atoms with Gasteiger partial charge in [0.1, 0.15) is 6.04 Å². The number of hydrogen-bond donors (Lipinski definition) is 4. The molecule has 0 spiro atoms. The van der Waals surface area contributed by atoms with E-state index in [-0.39, 0.29) is 17.7 Å². The molecule has 0 aliphatic heterocycles. The topological polar surface area (TPSA) is 99.3 Å². The van der Waals surface area contributed by atoms with Crippen LogP contribution in [0, 0.1) is 5.92 Å². The van der Waals surface area contributed by atoms with Crippen LogP contribution in [0.5, 0.6) is 0 Å². The smallest absolute Gasteiger partial charge is 0.242 e. The summed E-state index contributed by atoms with van der Waals surface area (Å²) in [6.07, 6.45) is 1.70. The molecule has 3 amide bonds. The fraction of sp³-hybridized carbons (Fsp3) is 0.550. The molecular weight excluding hydrogens is 344 g/mol. The summed E-state index contributed by atoms with van der Waals surface area (Å²) in [5.41, 5.74) is 1.02. The van der Waals surface area contributed by atoms with E-state index in [1.54, 1.807) is 0 Å². The Bertz CT molecular complexity index is 578. The number of hydrogen-bond acceptors (Lipinski definition) is 4. The largest absolute Gasteiger partial charge is 0.357 e. The maximum absolute atomic E-state index is 12.9. The van der Waals surface area contributed by atoms with Crippen molar-refractivity contribution in [3.63, 3.8) is 0 Å². The van der Waals surface area contributed by atoms with E-state index in [9.17, 15) is 14.4 Å². The maximum atomic E-state index is 12.9. The van der Waals surface area contributed by atoms with Gasteiger partial charge < -0.3 is 21.3 Å². The van der Waals surface area contributed by atoms with Crippen molar-refractivity contribution in [3.8, 4) is 0 Å². The Kier molecular flexibility index (Phi) is 10.8. The van der Waals surface area contributed by atoms with Crippen molar-refractivity contribution in [2.45, 2.75) is 45.7 Å². The molecule has 0 heterocycles.